The maximum absolute atomic E-state index is 5.71. The zero-order valence-corrected chi connectivity index (χ0v) is 11.4. The first kappa shape index (κ1) is 12.8. The Bertz CT molecular complexity index is 549. The summed E-state index contributed by atoms with van der Waals surface area (Å²) in [5, 5.41) is 4.29. The van der Waals surface area contributed by atoms with Gasteiger partial charge in [-0.1, -0.05) is 0 Å². The Labute approximate surface area is 108 Å². The van der Waals surface area contributed by atoms with Crippen molar-refractivity contribution in [1.82, 2.24) is 10.3 Å². The molecule has 0 bridgehead atoms. The highest BCUT2D eigenvalue weighted by atomic mass is 16.5. The molecule has 2 aromatic rings. The van der Waals surface area contributed by atoms with Crippen molar-refractivity contribution in [2.24, 2.45) is 0 Å². The minimum atomic E-state index is 0.192. The summed E-state index contributed by atoms with van der Waals surface area (Å²) < 4.78 is 5.71. The van der Waals surface area contributed by atoms with Crippen LogP contribution in [0.25, 0.3) is 10.9 Å². The first-order chi connectivity index (χ1) is 8.60. The summed E-state index contributed by atoms with van der Waals surface area (Å²) in [6, 6.07) is 8.23. The number of ether oxygens (including phenoxy) is 1. The fraction of sp³-hybridized carbons (Fsp3) is 0.400. The SMILES string of the molecule is CNCc1cc2cc(OC(C)C)ccc2nc1C. The fourth-order valence-electron chi connectivity index (χ4n) is 2.01. The lowest BCUT2D eigenvalue weighted by atomic mass is 10.1. The van der Waals surface area contributed by atoms with Crippen LogP contribution in [0.4, 0.5) is 0 Å². The lowest BCUT2D eigenvalue weighted by Crippen LogP contribution is -2.08. The molecule has 0 atom stereocenters. The molecule has 0 aliphatic rings. The highest BCUT2D eigenvalue weighted by Crippen LogP contribution is 2.22. The van der Waals surface area contributed by atoms with Gasteiger partial charge in [0.2, 0.25) is 0 Å². The van der Waals surface area contributed by atoms with Gasteiger partial charge in [-0.3, -0.25) is 4.98 Å². The fourth-order valence-corrected chi connectivity index (χ4v) is 2.01. The molecule has 0 saturated heterocycles. The predicted octanol–water partition coefficient (Wildman–Crippen LogP) is 3.05. The molecule has 0 saturated carbocycles. The average Bonchev–Trinajstić information content (AvgIpc) is 2.30. The van der Waals surface area contributed by atoms with Gasteiger partial charge in [-0.15, -0.1) is 0 Å². The molecular weight excluding hydrogens is 224 g/mol. The zero-order chi connectivity index (χ0) is 13.1. The van der Waals surface area contributed by atoms with E-state index in [1.54, 1.807) is 0 Å². The first-order valence-electron chi connectivity index (χ1n) is 6.31. The molecule has 0 radical (unpaired) electrons. The van der Waals surface area contributed by atoms with Crippen LogP contribution in [-0.2, 0) is 6.54 Å². The van der Waals surface area contributed by atoms with Crippen LogP contribution < -0.4 is 10.1 Å². The Hall–Kier alpha value is -1.61. The molecule has 0 spiro atoms. The van der Waals surface area contributed by atoms with E-state index < -0.39 is 0 Å². The van der Waals surface area contributed by atoms with Crippen molar-refractivity contribution in [3.8, 4) is 5.75 Å². The number of aromatic nitrogens is 1. The van der Waals surface area contributed by atoms with Gasteiger partial charge in [0.25, 0.3) is 0 Å². The Morgan fingerprint density at radius 2 is 2.06 bits per heavy atom. The molecule has 1 aromatic carbocycles. The monoisotopic (exact) mass is 244 g/mol. The molecule has 1 heterocycles. The van der Waals surface area contributed by atoms with Crippen molar-refractivity contribution in [2.45, 2.75) is 33.4 Å². The summed E-state index contributed by atoms with van der Waals surface area (Å²) in [7, 11) is 1.95. The molecule has 3 heteroatoms. The summed E-state index contributed by atoms with van der Waals surface area (Å²) in [5.74, 6) is 0.901. The van der Waals surface area contributed by atoms with Gasteiger partial charge in [-0.2, -0.15) is 0 Å². The molecule has 1 N–H and O–H groups in total. The summed E-state index contributed by atoms with van der Waals surface area (Å²) >= 11 is 0. The van der Waals surface area contributed by atoms with E-state index >= 15 is 0 Å². The van der Waals surface area contributed by atoms with Crippen LogP contribution in [0.3, 0.4) is 0 Å². The van der Waals surface area contributed by atoms with Crippen LogP contribution in [0.2, 0.25) is 0 Å². The van der Waals surface area contributed by atoms with E-state index in [1.165, 1.54) is 5.56 Å². The topological polar surface area (TPSA) is 34.1 Å². The molecule has 3 nitrogen and oxygen atoms in total. The van der Waals surface area contributed by atoms with Crippen LogP contribution in [0, 0.1) is 6.92 Å². The number of hydrogen-bond donors (Lipinski definition) is 1. The van der Waals surface area contributed by atoms with Gasteiger partial charge in [0.1, 0.15) is 5.75 Å². The van der Waals surface area contributed by atoms with Crippen LogP contribution in [-0.4, -0.2) is 18.1 Å². The molecule has 2 rings (SSSR count). The minimum Gasteiger partial charge on any atom is -0.491 e. The smallest absolute Gasteiger partial charge is 0.120 e. The van der Waals surface area contributed by atoms with Crippen molar-refractivity contribution < 1.29 is 4.74 Å². The zero-order valence-electron chi connectivity index (χ0n) is 11.4. The third-order valence-electron chi connectivity index (χ3n) is 2.82. The van der Waals surface area contributed by atoms with Crippen LogP contribution in [0.1, 0.15) is 25.1 Å². The van der Waals surface area contributed by atoms with Gasteiger partial charge in [0.15, 0.2) is 0 Å². The van der Waals surface area contributed by atoms with E-state index in [-0.39, 0.29) is 6.10 Å². The minimum absolute atomic E-state index is 0.192. The van der Waals surface area contributed by atoms with Gasteiger partial charge < -0.3 is 10.1 Å². The van der Waals surface area contributed by atoms with Gasteiger partial charge in [-0.25, -0.2) is 0 Å². The van der Waals surface area contributed by atoms with Crippen LogP contribution in [0.5, 0.6) is 5.75 Å². The molecule has 0 fully saturated rings. The summed E-state index contributed by atoms with van der Waals surface area (Å²) in [4.78, 5) is 4.62. The number of aryl methyl sites for hydroxylation is 1. The second-order valence-corrected chi connectivity index (χ2v) is 4.78. The van der Waals surface area contributed by atoms with E-state index in [1.807, 2.05) is 40.0 Å². The van der Waals surface area contributed by atoms with Crippen molar-refractivity contribution in [2.75, 3.05) is 7.05 Å². The van der Waals surface area contributed by atoms with E-state index in [0.29, 0.717) is 0 Å². The van der Waals surface area contributed by atoms with Crippen molar-refractivity contribution in [3.63, 3.8) is 0 Å². The number of hydrogen-bond acceptors (Lipinski definition) is 3. The van der Waals surface area contributed by atoms with E-state index in [4.69, 9.17) is 4.74 Å². The normalized spacial score (nSPS) is 11.2. The van der Waals surface area contributed by atoms with Gasteiger partial charge in [-0.05, 0) is 57.6 Å². The number of nitrogens with one attached hydrogen (secondary N) is 1. The third-order valence-corrected chi connectivity index (χ3v) is 2.82. The molecule has 0 aliphatic heterocycles. The van der Waals surface area contributed by atoms with E-state index in [9.17, 15) is 0 Å². The molecule has 0 aliphatic carbocycles. The van der Waals surface area contributed by atoms with Crippen LogP contribution >= 0.6 is 0 Å². The number of pyridine rings is 1. The second kappa shape index (κ2) is 5.36. The highest BCUT2D eigenvalue weighted by Gasteiger charge is 2.05. The van der Waals surface area contributed by atoms with Gasteiger partial charge in [0, 0.05) is 17.6 Å². The second-order valence-electron chi connectivity index (χ2n) is 4.78. The summed E-state index contributed by atoms with van der Waals surface area (Å²) in [5.41, 5.74) is 3.32. The third kappa shape index (κ3) is 2.79. The number of rotatable bonds is 4. The quantitative estimate of drug-likeness (QED) is 0.897. The van der Waals surface area contributed by atoms with E-state index in [2.05, 4.69) is 22.4 Å². The predicted molar refractivity (Wildman–Crippen MR) is 75.0 cm³/mol. The maximum Gasteiger partial charge on any atom is 0.120 e. The number of fused-ring (bicyclic) bond motifs is 1. The van der Waals surface area contributed by atoms with Gasteiger partial charge in [0.05, 0.1) is 11.6 Å². The summed E-state index contributed by atoms with van der Waals surface area (Å²) in [6.45, 7) is 6.95. The Morgan fingerprint density at radius 3 is 2.72 bits per heavy atom. The number of benzene rings is 1. The molecule has 0 unspecified atom stereocenters. The van der Waals surface area contributed by atoms with Crippen molar-refractivity contribution in [1.29, 1.82) is 0 Å². The Morgan fingerprint density at radius 1 is 1.28 bits per heavy atom. The Kier molecular flexibility index (Phi) is 3.82. The molecule has 18 heavy (non-hydrogen) atoms. The van der Waals surface area contributed by atoms with Crippen molar-refractivity contribution in [3.05, 3.63) is 35.5 Å². The first-order valence-corrected chi connectivity index (χ1v) is 6.31. The number of nitrogens with zero attached hydrogens (tertiary/aromatic N) is 1. The highest BCUT2D eigenvalue weighted by molar-refractivity contribution is 5.81. The molecule has 1 aromatic heterocycles. The molecule has 96 valence electrons. The standard InChI is InChI=1S/C15H20N2O/c1-10(2)18-14-5-6-15-12(8-14)7-13(9-16-4)11(3)17-15/h5-8,10,16H,9H2,1-4H3. The maximum atomic E-state index is 5.71. The largest absolute Gasteiger partial charge is 0.491 e. The average molecular weight is 244 g/mol. The Balaban J connectivity index is 2.44. The summed E-state index contributed by atoms with van der Waals surface area (Å²) in [6.07, 6.45) is 0.192. The van der Waals surface area contributed by atoms with Crippen molar-refractivity contribution >= 4 is 10.9 Å². The molecule has 0 amide bonds. The van der Waals surface area contributed by atoms with E-state index in [0.717, 1.165) is 28.9 Å². The lowest BCUT2D eigenvalue weighted by Gasteiger charge is -2.11. The lowest BCUT2D eigenvalue weighted by molar-refractivity contribution is 0.243. The van der Waals surface area contributed by atoms with Crippen LogP contribution in [0.15, 0.2) is 24.3 Å². The molecular formula is C15H20N2O. The van der Waals surface area contributed by atoms with Gasteiger partial charge >= 0.3 is 0 Å².